The molecule has 2 N–H and O–H groups in total. The molecule has 0 spiro atoms. The molecule has 0 radical (unpaired) electrons. The van der Waals surface area contributed by atoms with Gasteiger partial charge in [0, 0.05) is 40.3 Å². The van der Waals surface area contributed by atoms with Gasteiger partial charge in [0.2, 0.25) is 0 Å². The van der Waals surface area contributed by atoms with E-state index in [1.807, 2.05) is 12.1 Å². The summed E-state index contributed by atoms with van der Waals surface area (Å²) in [6.45, 7) is 2.15. The van der Waals surface area contributed by atoms with E-state index in [9.17, 15) is 19.2 Å². The number of aliphatic carboxylic acids is 2. The Morgan fingerprint density at radius 3 is 1.81 bits per heavy atom. The van der Waals surface area contributed by atoms with Crippen molar-refractivity contribution >= 4 is 66.4 Å². The van der Waals surface area contributed by atoms with E-state index in [-0.39, 0.29) is 18.0 Å². The van der Waals surface area contributed by atoms with Gasteiger partial charge in [0.05, 0.1) is 49.0 Å². The van der Waals surface area contributed by atoms with Gasteiger partial charge >= 0.3 is 11.9 Å². The van der Waals surface area contributed by atoms with Crippen molar-refractivity contribution in [2.75, 3.05) is 27.4 Å². The number of carboxylic acids is 2. The third-order valence-electron chi connectivity index (χ3n) is 7.28. The van der Waals surface area contributed by atoms with Crippen LogP contribution in [0.1, 0.15) is 45.5 Å². The summed E-state index contributed by atoms with van der Waals surface area (Å²) in [5.74, 6) is -2.04. The first-order valence-corrected chi connectivity index (χ1v) is 15.2. The maximum atomic E-state index is 12.7. The van der Waals surface area contributed by atoms with Gasteiger partial charge in [-0.1, -0.05) is 6.92 Å². The normalized spacial score (nSPS) is 16.5. The number of carbonyl (C=O) groups excluding carboxylic acids is 2. The van der Waals surface area contributed by atoms with Gasteiger partial charge in [-0.3, -0.25) is 19.2 Å². The van der Waals surface area contributed by atoms with Crippen LogP contribution in [0.25, 0.3) is 20.2 Å². The number of benzene rings is 2. The molecule has 43 heavy (non-hydrogen) atoms. The summed E-state index contributed by atoms with van der Waals surface area (Å²) >= 11 is 2.60. The third-order valence-corrected chi connectivity index (χ3v) is 9.54. The first-order valence-electron chi connectivity index (χ1n) is 13.6. The highest BCUT2D eigenvalue weighted by atomic mass is 32.1. The Kier molecular flexibility index (Phi) is 8.88. The SMILES string of the molecule is COc1cc2sc(C(=O)C[C@@H](C)C(=O)O)cc2cc1OCCCOc1cc2cc(C(=O)[C@@H]3C[C@H]3C(=O)O)sc2cc1OC. The van der Waals surface area contributed by atoms with E-state index in [0.29, 0.717) is 58.8 Å². The number of rotatable bonds is 15. The summed E-state index contributed by atoms with van der Waals surface area (Å²) in [4.78, 5) is 48.6. The van der Waals surface area contributed by atoms with Gasteiger partial charge in [0.15, 0.2) is 34.6 Å². The fourth-order valence-corrected chi connectivity index (χ4v) is 6.83. The molecule has 12 heteroatoms. The van der Waals surface area contributed by atoms with Crippen molar-refractivity contribution in [1.82, 2.24) is 0 Å². The van der Waals surface area contributed by atoms with Crippen LogP contribution in [-0.2, 0) is 9.59 Å². The lowest BCUT2D eigenvalue weighted by molar-refractivity contribution is -0.141. The minimum atomic E-state index is -1.01. The molecule has 3 atom stereocenters. The summed E-state index contributed by atoms with van der Waals surface area (Å²) < 4.78 is 24.6. The van der Waals surface area contributed by atoms with Crippen LogP contribution >= 0.6 is 22.7 Å². The summed E-state index contributed by atoms with van der Waals surface area (Å²) in [6, 6.07) is 10.7. The number of carboxylic acid groups (broad SMARTS) is 2. The van der Waals surface area contributed by atoms with Crippen LogP contribution in [0.3, 0.4) is 0 Å². The molecule has 0 amide bonds. The summed E-state index contributed by atoms with van der Waals surface area (Å²) in [5.41, 5.74) is 0. The zero-order chi connectivity index (χ0) is 30.8. The summed E-state index contributed by atoms with van der Waals surface area (Å²) in [7, 11) is 3.07. The summed E-state index contributed by atoms with van der Waals surface area (Å²) in [6.07, 6.45) is 0.845. The Labute approximate surface area is 254 Å². The molecule has 1 aliphatic carbocycles. The number of Topliss-reactive ketones (excluding diaryl/α,β-unsaturated/α-hetero) is 2. The molecule has 226 valence electrons. The second-order valence-corrected chi connectivity index (χ2v) is 12.5. The maximum Gasteiger partial charge on any atom is 0.307 e. The monoisotopic (exact) mass is 626 g/mol. The van der Waals surface area contributed by atoms with Gasteiger partial charge in [-0.2, -0.15) is 0 Å². The highest BCUT2D eigenvalue weighted by molar-refractivity contribution is 7.21. The Bertz CT molecular complexity index is 1720. The van der Waals surface area contributed by atoms with E-state index in [2.05, 4.69) is 0 Å². The number of thiophene rings is 2. The van der Waals surface area contributed by atoms with Crippen LogP contribution in [0.2, 0.25) is 0 Å². The molecule has 0 aliphatic heterocycles. The van der Waals surface area contributed by atoms with Gasteiger partial charge in [-0.15, -0.1) is 22.7 Å². The number of hydrogen-bond acceptors (Lipinski definition) is 10. The lowest BCUT2D eigenvalue weighted by atomic mass is 10.0. The third kappa shape index (κ3) is 6.60. The molecular weight excluding hydrogens is 596 g/mol. The van der Waals surface area contributed by atoms with Crippen molar-refractivity contribution in [3.05, 3.63) is 46.2 Å². The smallest absolute Gasteiger partial charge is 0.307 e. The number of fused-ring (bicyclic) bond motifs is 2. The predicted molar refractivity (Wildman–Crippen MR) is 162 cm³/mol. The van der Waals surface area contributed by atoms with Crippen molar-refractivity contribution in [3.8, 4) is 23.0 Å². The molecule has 1 saturated carbocycles. The number of methoxy groups -OCH3 is 2. The Morgan fingerprint density at radius 1 is 0.791 bits per heavy atom. The van der Waals surface area contributed by atoms with Crippen molar-refractivity contribution in [1.29, 1.82) is 0 Å². The first-order chi connectivity index (χ1) is 20.6. The molecule has 2 aromatic heterocycles. The molecular formula is C31H30O10S2. The highest BCUT2D eigenvalue weighted by Gasteiger charge is 2.48. The number of ketones is 2. The van der Waals surface area contributed by atoms with Crippen LogP contribution in [0.5, 0.6) is 23.0 Å². The molecule has 5 rings (SSSR count). The minimum absolute atomic E-state index is 0.0697. The van der Waals surface area contributed by atoms with Crippen LogP contribution in [0.4, 0.5) is 0 Å². The fraction of sp³-hybridized carbons (Fsp3) is 0.355. The molecule has 1 fully saturated rings. The van der Waals surface area contributed by atoms with Crippen LogP contribution in [0, 0.1) is 17.8 Å². The maximum absolute atomic E-state index is 12.7. The van der Waals surface area contributed by atoms with Crippen molar-refractivity contribution in [2.45, 2.75) is 26.2 Å². The van der Waals surface area contributed by atoms with E-state index >= 15 is 0 Å². The van der Waals surface area contributed by atoms with Crippen molar-refractivity contribution in [2.24, 2.45) is 17.8 Å². The highest BCUT2D eigenvalue weighted by Crippen LogP contribution is 2.44. The van der Waals surface area contributed by atoms with E-state index in [1.54, 1.807) is 24.3 Å². The van der Waals surface area contributed by atoms with Gasteiger partial charge in [-0.05, 0) is 41.5 Å². The lowest BCUT2D eigenvalue weighted by Gasteiger charge is -2.13. The van der Waals surface area contributed by atoms with Crippen molar-refractivity contribution < 1.29 is 48.3 Å². The Hall–Kier alpha value is -4.16. The summed E-state index contributed by atoms with van der Waals surface area (Å²) in [5, 5.41) is 19.9. The molecule has 0 saturated heterocycles. The average molecular weight is 627 g/mol. The first kappa shape index (κ1) is 30.3. The minimum Gasteiger partial charge on any atom is -0.493 e. The molecule has 1 aliphatic rings. The van der Waals surface area contributed by atoms with Crippen LogP contribution in [0.15, 0.2) is 36.4 Å². The van der Waals surface area contributed by atoms with Gasteiger partial charge < -0.3 is 29.2 Å². The van der Waals surface area contributed by atoms with E-state index in [1.165, 1.54) is 43.8 Å². The number of ether oxygens (including phenoxy) is 4. The quantitative estimate of drug-likeness (QED) is 0.116. The number of hydrogen-bond donors (Lipinski definition) is 2. The van der Waals surface area contributed by atoms with Crippen LogP contribution < -0.4 is 18.9 Å². The molecule has 0 unspecified atom stereocenters. The molecule has 2 aromatic carbocycles. The fourth-order valence-electron chi connectivity index (χ4n) is 4.73. The predicted octanol–water partition coefficient (Wildman–Crippen LogP) is 6.18. The van der Waals surface area contributed by atoms with E-state index in [4.69, 9.17) is 29.2 Å². The standard InChI is InChI=1S/C31H30O10S2/c1-15(30(34)35)7-20(32)27-10-16-8-23(21(38-2)13-25(16)42-27)40-5-4-6-41-24-9-17-11-28(43-26(17)14-22(24)39-3)29(33)18-12-19(18)31(36)37/h8-11,13-15,18-19H,4-7,12H2,1-3H3,(H,34,35)(H,36,37)/t15-,18-,19-/m1/s1. The Morgan fingerprint density at radius 2 is 1.33 bits per heavy atom. The van der Waals surface area contributed by atoms with Crippen LogP contribution in [-0.4, -0.2) is 61.2 Å². The zero-order valence-corrected chi connectivity index (χ0v) is 25.3. The molecule has 2 heterocycles. The van der Waals surface area contributed by atoms with E-state index < -0.39 is 29.7 Å². The second-order valence-electron chi connectivity index (χ2n) is 10.4. The van der Waals surface area contributed by atoms with Gasteiger partial charge in [-0.25, -0.2) is 0 Å². The molecule has 10 nitrogen and oxygen atoms in total. The van der Waals surface area contributed by atoms with Crippen molar-refractivity contribution in [3.63, 3.8) is 0 Å². The number of carbonyl (C=O) groups is 4. The Balaban J connectivity index is 1.20. The van der Waals surface area contributed by atoms with E-state index in [0.717, 1.165) is 20.2 Å². The molecule has 4 aromatic rings. The second kappa shape index (κ2) is 12.6. The topological polar surface area (TPSA) is 146 Å². The van der Waals surface area contributed by atoms with Gasteiger partial charge in [0.1, 0.15) is 0 Å². The largest absolute Gasteiger partial charge is 0.493 e. The average Bonchev–Trinajstić information content (AvgIpc) is 3.52. The lowest BCUT2D eigenvalue weighted by Crippen LogP contribution is -2.13. The molecule has 0 bridgehead atoms. The zero-order valence-electron chi connectivity index (χ0n) is 23.7. The van der Waals surface area contributed by atoms with Gasteiger partial charge in [0.25, 0.3) is 0 Å².